The highest BCUT2D eigenvalue weighted by atomic mass is 32.1. The van der Waals surface area contributed by atoms with Crippen molar-refractivity contribution in [1.29, 1.82) is 0 Å². The Hall–Kier alpha value is -2.35. The lowest BCUT2D eigenvalue weighted by atomic mass is 10.2. The number of anilines is 2. The predicted molar refractivity (Wildman–Crippen MR) is 76.5 cm³/mol. The average molecular weight is 313 g/mol. The molecular formula is C13H10F3N3OS. The minimum absolute atomic E-state index is 0.217. The Bertz CT molecular complexity index is 644. The van der Waals surface area contributed by atoms with Crippen molar-refractivity contribution in [3.8, 4) is 5.75 Å². The summed E-state index contributed by atoms with van der Waals surface area (Å²) in [7, 11) is 0. The summed E-state index contributed by atoms with van der Waals surface area (Å²) in [4.78, 5) is 4.28. The summed E-state index contributed by atoms with van der Waals surface area (Å²) in [5.74, 6) is 0.131. The quantitative estimate of drug-likeness (QED) is 0.848. The van der Waals surface area contributed by atoms with Gasteiger partial charge in [0.2, 0.25) is 0 Å². The fourth-order valence-electron chi connectivity index (χ4n) is 1.53. The Balaban J connectivity index is 2.12. The standard InChI is InChI=1S/C13H10F3N3OS/c14-13(15,16)20-10-3-1-2-9(6-10)19-11-5-4-8(7-18-11)12(17)21/h1-7H,(H2,17,21)(H,18,19). The highest BCUT2D eigenvalue weighted by molar-refractivity contribution is 7.80. The molecule has 0 aliphatic heterocycles. The smallest absolute Gasteiger partial charge is 0.406 e. The summed E-state index contributed by atoms with van der Waals surface area (Å²) in [6.45, 7) is 0. The Labute approximate surface area is 123 Å². The zero-order chi connectivity index (χ0) is 15.5. The number of ether oxygens (including phenoxy) is 1. The molecule has 21 heavy (non-hydrogen) atoms. The van der Waals surface area contributed by atoms with E-state index in [1.807, 2.05) is 0 Å². The summed E-state index contributed by atoms with van der Waals surface area (Å²) in [5.41, 5.74) is 6.45. The van der Waals surface area contributed by atoms with E-state index in [0.717, 1.165) is 0 Å². The zero-order valence-corrected chi connectivity index (χ0v) is 11.3. The molecule has 1 aromatic carbocycles. The molecule has 0 atom stereocenters. The van der Waals surface area contributed by atoms with E-state index in [2.05, 4.69) is 15.0 Å². The molecule has 0 radical (unpaired) electrons. The summed E-state index contributed by atoms with van der Waals surface area (Å²) in [5, 5.41) is 2.85. The molecule has 0 aliphatic carbocycles. The number of pyridine rings is 1. The van der Waals surface area contributed by atoms with Crippen LogP contribution in [0.4, 0.5) is 24.7 Å². The van der Waals surface area contributed by atoms with Crippen LogP contribution >= 0.6 is 12.2 Å². The lowest BCUT2D eigenvalue weighted by Gasteiger charge is -2.11. The van der Waals surface area contributed by atoms with Gasteiger partial charge in [-0.1, -0.05) is 18.3 Å². The van der Waals surface area contributed by atoms with Gasteiger partial charge >= 0.3 is 6.36 Å². The number of nitrogens with zero attached hydrogens (tertiary/aromatic N) is 1. The van der Waals surface area contributed by atoms with Gasteiger partial charge in [0.1, 0.15) is 16.6 Å². The second-order valence-electron chi connectivity index (χ2n) is 4.00. The number of halogens is 3. The van der Waals surface area contributed by atoms with Crippen LogP contribution in [-0.4, -0.2) is 16.3 Å². The molecule has 0 saturated carbocycles. The molecule has 3 N–H and O–H groups in total. The van der Waals surface area contributed by atoms with E-state index in [1.54, 1.807) is 18.2 Å². The van der Waals surface area contributed by atoms with E-state index >= 15 is 0 Å². The molecule has 110 valence electrons. The van der Waals surface area contributed by atoms with Crippen LogP contribution in [-0.2, 0) is 0 Å². The minimum atomic E-state index is -4.73. The highest BCUT2D eigenvalue weighted by Crippen LogP contribution is 2.26. The van der Waals surface area contributed by atoms with Crippen LogP contribution < -0.4 is 15.8 Å². The van der Waals surface area contributed by atoms with E-state index in [4.69, 9.17) is 18.0 Å². The number of benzene rings is 1. The van der Waals surface area contributed by atoms with Gasteiger partial charge in [0.15, 0.2) is 0 Å². The lowest BCUT2D eigenvalue weighted by molar-refractivity contribution is -0.274. The molecule has 0 saturated heterocycles. The van der Waals surface area contributed by atoms with Crippen LogP contribution in [0.15, 0.2) is 42.6 Å². The Morgan fingerprint density at radius 1 is 1.24 bits per heavy atom. The molecule has 0 spiro atoms. The third kappa shape index (κ3) is 4.60. The maximum atomic E-state index is 12.1. The molecule has 1 aromatic heterocycles. The minimum Gasteiger partial charge on any atom is -0.406 e. The van der Waals surface area contributed by atoms with Gasteiger partial charge in [-0.05, 0) is 24.3 Å². The van der Waals surface area contributed by atoms with E-state index in [-0.39, 0.29) is 10.7 Å². The second kappa shape index (κ2) is 5.96. The lowest BCUT2D eigenvalue weighted by Crippen LogP contribution is -2.17. The van der Waals surface area contributed by atoms with Crippen LogP contribution in [0.5, 0.6) is 5.75 Å². The largest absolute Gasteiger partial charge is 0.573 e. The van der Waals surface area contributed by atoms with Gasteiger partial charge in [-0.25, -0.2) is 4.98 Å². The van der Waals surface area contributed by atoms with Gasteiger partial charge in [-0.3, -0.25) is 0 Å². The predicted octanol–water partition coefficient (Wildman–Crippen LogP) is 3.36. The van der Waals surface area contributed by atoms with Crippen molar-refractivity contribution in [3.05, 3.63) is 48.2 Å². The maximum Gasteiger partial charge on any atom is 0.573 e. The zero-order valence-electron chi connectivity index (χ0n) is 10.5. The second-order valence-corrected chi connectivity index (χ2v) is 4.44. The summed E-state index contributed by atoms with van der Waals surface area (Å²) >= 11 is 4.80. The van der Waals surface area contributed by atoms with Crippen molar-refractivity contribution < 1.29 is 17.9 Å². The molecule has 0 aliphatic rings. The molecule has 0 unspecified atom stereocenters. The van der Waals surface area contributed by atoms with Gasteiger partial charge in [0.25, 0.3) is 0 Å². The van der Waals surface area contributed by atoms with Crippen LogP contribution in [0, 0.1) is 0 Å². The van der Waals surface area contributed by atoms with Crippen molar-refractivity contribution in [2.24, 2.45) is 5.73 Å². The van der Waals surface area contributed by atoms with E-state index in [9.17, 15) is 13.2 Å². The van der Waals surface area contributed by atoms with Crippen molar-refractivity contribution in [2.75, 3.05) is 5.32 Å². The normalized spacial score (nSPS) is 11.0. The third-order valence-electron chi connectivity index (χ3n) is 2.39. The Morgan fingerprint density at radius 3 is 2.57 bits per heavy atom. The number of hydrogen-bond donors (Lipinski definition) is 2. The number of nitrogens with one attached hydrogen (secondary N) is 1. The molecule has 2 rings (SSSR count). The number of rotatable bonds is 4. The summed E-state index contributed by atoms with van der Waals surface area (Å²) in [6.07, 6.45) is -3.25. The van der Waals surface area contributed by atoms with E-state index < -0.39 is 6.36 Å². The van der Waals surface area contributed by atoms with Crippen LogP contribution in [0.2, 0.25) is 0 Å². The molecule has 1 heterocycles. The average Bonchev–Trinajstić information content (AvgIpc) is 2.37. The van der Waals surface area contributed by atoms with Gasteiger partial charge in [-0.15, -0.1) is 13.2 Å². The molecule has 4 nitrogen and oxygen atoms in total. The molecular weight excluding hydrogens is 303 g/mol. The first kappa shape index (κ1) is 15.0. The first-order valence-corrected chi connectivity index (χ1v) is 6.13. The van der Waals surface area contributed by atoms with Gasteiger partial charge < -0.3 is 15.8 Å². The highest BCUT2D eigenvalue weighted by Gasteiger charge is 2.31. The number of hydrogen-bond acceptors (Lipinski definition) is 4. The first-order chi connectivity index (χ1) is 9.83. The molecule has 8 heteroatoms. The van der Waals surface area contributed by atoms with Crippen molar-refractivity contribution in [1.82, 2.24) is 4.98 Å². The molecule has 2 aromatic rings. The van der Waals surface area contributed by atoms with Crippen molar-refractivity contribution in [3.63, 3.8) is 0 Å². The Kier molecular flexibility index (Phi) is 4.27. The molecule has 0 bridgehead atoms. The topological polar surface area (TPSA) is 60.2 Å². The van der Waals surface area contributed by atoms with Gasteiger partial charge in [0, 0.05) is 23.5 Å². The van der Waals surface area contributed by atoms with E-state index in [1.165, 1.54) is 24.4 Å². The number of nitrogens with two attached hydrogens (primary N) is 1. The maximum absolute atomic E-state index is 12.1. The van der Waals surface area contributed by atoms with Crippen molar-refractivity contribution in [2.45, 2.75) is 6.36 Å². The van der Waals surface area contributed by atoms with Crippen LogP contribution in [0.1, 0.15) is 5.56 Å². The fraction of sp³-hybridized carbons (Fsp3) is 0.0769. The summed E-state index contributed by atoms with van der Waals surface area (Å²) in [6, 6.07) is 8.73. The SMILES string of the molecule is NC(=S)c1ccc(Nc2cccc(OC(F)(F)F)c2)nc1. The fourth-order valence-corrected chi connectivity index (χ4v) is 1.65. The number of thiocarbonyl (C=S) groups is 1. The third-order valence-corrected chi connectivity index (χ3v) is 2.62. The van der Waals surface area contributed by atoms with Crippen LogP contribution in [0.25, 0.3) is 0 Å². The monoisotopic (exact) mass is 313 g/mol. The number of alkyl halides is 3. The van der Waals surface area contributed by atoms with Gasteiger partial charge in [0.05, 0.1) is 0 Å². The number of aromatic nitrogens is 1. The molecule has 0 amide bonds. The van der Waals surface area contributed by atoms with E-state index in [0.29, 0.717) is 17.1 Å². The van der Waals surface area contributed by atoms with Crippen molar-refractivity contribution >= 4 is 28.7 Å². The Morgan fingerprint density at radius 2 is 2.00 bits per heavy atom. The van der Waals surface area contributed by atoms with Crippen LogP contribution in [0.3, 0.4) is 0 Å². The molecule has 0 fully saturated rings. The first-order valence-electron chi connectivity index (χ1n) is 5.72. The summed E-state index contributed by atoms with van der Waals surface area (Å²) < 4.78 is 40.3. The van der Waals surface area contributed by atoms with Gasteiger partial charge in [-0.2, -0.15) is 0 Å².